The largest absolute Gasteiger partial charge is 0.508 e. The maximum absolute atomic E-state index is 15.2. The fourth-order valence-electron chi connectivity index (χ4n) is 7.36. The van der Waals surface area contributed by atoms with Crippen molar-refractivity contribution in [3.05, 3.63) is 94.2 Å². The molecular weight excluding hydrogens is 604 g/mol. The SMILES string of the molecule is Cc1c(-c2cc(O)cc3cccc(F)c23)oc(=O)c2c(NCc3cccc4cccnc34)nc(OC[C@@]34CCCN3C[C@H](F)C4)nc12. The van der Waals surface area contributed by atoms with Crippen LogP contribution in [-0.4, -0.2) is 56.4 Å². The molecule has 0 aliphatic carbocycles. The Hall–Kier alpha value is -5.16. The number of aryl methyl sites for hydroxylation is 1. The molecule has 3 aromatic heterocycles. The molecule has 3 aromatic carbocycles. The molecule has 238 valence electrons. The lowest BCUT2D eigenvalue weighted by molar-refractivity contribution is 0.107. The van der Waals surface area contributed by atoms with Crippen molar-refractivity contribution in [3.8, 4) is 23.1 Å². The monoisotopic (exact) mass is 635 g/mol. The van der Waals surface area contributed by atoms with Gasteiger partial charge in [-0.25, -0.2) is 13.6 Å². The Balaban J connectivity index is 1.26. The number of aromatic hydroxyl groups is 1. The number of anilines is 1. The highest BCUT2D eigenvalue weighted by molar-refractivity contribution is 6.00. The normalized spacial score (nSPS) is 19.5. The number of hydrogen-bond donors (Lipinski definition) is 2. The average molecular weight is 636 g/mol. The van der Waals surface area contributed by atoms with E-state index < -0.39 is 23.2 Å². The number of nitrogens with zero attached hydrogens (tertiary/aromatic N) is 4. The van der Waals surface area contributed by atoms with E-state index in [-0.39, 0.29) is 58.3 Å². The lowest BCUT2D eigenvalue weighted by atomic mass is 9.95. The van der Waals surface area contributed by atoms with Gasteiger partial charge in [0.05, 0.1) is 16.6 Å². The van der Waals surface area contributed by atoms with E-state index >= 15 is 4.39 Å². The van der Waals surface area contributed by atoms with E-state index in [2.05, 4.69) is 25.2 Å². The van der Waals surface area contributed by atoms with Crippen molar-refractivity contribution in [3.63, 3.8) is 0 Å². The topological polar surface area (TPSA) is 114 Å². The Morgan fingerprint density at radius 3 is 2.81 bits per heavy atom. The van der Waals surface area contributed by atoms with Gasteiger partial charge in [-0.2, -0.15) is 9.97 Å². The summed E-state index contributed by atoms with van der Waals surface area (Å²) in [5, 5.41) is 15.5. The Kier molecular flexibility index (Phi) is 7.02. The van der Waals surface area contributed by atoms with Gasteiger partial charge in [-0.15, -0.1) is 0 Å². The molecule has 2 aliphatic heterocycles. The summed E-state index contributed by atoms with van der Waals surface area (Å²) in [6.45, 7) is 3.39. The zero-order valence-electron chi connectivity index (χ0n) is 25.6. The van der Waals surface area contributed by atoms with E-state index in [0.717, 1.165) is 35.9 Å². The molecule has 2 atom stereocenters. The smallest absolute Gasteiger partial charge is 0.349 e. The van der Waals surface area contributed by atoms with Gasteiger partial charge < -0.3 is 19.6 Å². The number of phenols is 1. The molecule has 47 heavy (non-hydrogen) atoms. The summed E-state index contributed by atoms with van der Waals surface area (Å²) in [5.74, 6) is -0.371. The standard InChI is InChI=1S/C36H31F2N5O4/c1-20-30-29(34(45)47-32(20)26-15-25(44)14-22-7-3-10-27(38)28(22)26)33(40-17-23-8-2-6-21-9-4-12-39-31(21)23)42-35(41-30)46-19-36-11-5-13-43(36)18-24(37)16-36/h2-4,6-10,12,14-15,24,44H,5,11,13,16-19H2,1H3,(H,40,41,42)/t24-,36+/m1/s1. The molecule has 8 rings (SSSR count). The van der Waals surface area contributed by atoms with Gasteiger partial charge in [-0.05, 0) is 61.5 Å². The number of pyridine rings is 1. The average Bonchev–Trinajstić information content (AvgIpc) is 3.59. The molecule has 0 radical (unpaired) electrons. The molecule has 2 fully saturated rings. The Morgan fingerprint density at radius 1 is 1.09 bits per heavy atom. The van der Waals surface area contributed by atoms with E-state index in [0.29, 0.717) is 23.9 Å². The second kappa shape index (κ2) is 11.3. The number of rotatable bonds is 7. The molecule has 6 aromatic rings. The van der Waals surface area contributed by atoms with Crippen LogP contribution in [-0.2, 0) is 6.54 Å². The molecule has 0 amide bonds. The molecule has 0 bridgehead atoms. The van der Waals surface area contributed by atoms with Crippen LogP contribution in [0.25, 0.3) is 43.9 Å². The van der Waals surface area contributed by atoms with Crippen LogP contribution < -0.4 is 15.7 Å². The Bertz CT molecular complexity index is 2250. The highest BCUT2D eigenvalue weighted by Gasteiger charge is 2.49. The minimum Gasteiger partial charge on any atom is -0.508 e. The molecule has 0 unspecified atom stereocenters. The zero-order valence-corrected chi connectivity index (χ0v) is 25.6. The van der Waals surface area contributed by atoms with Crippen molar-refractivity contribution in [2.45, 2.75) is 44.4 Å². The molecule has 2 saturated heterocycles. The summed E-state index contributed by atoms with van der Waals surface area (Å²) in [6, 6.07) is 17.1. The predicted octanol–water partition coefficient (Wildman–Crippen LogP) is 6.67. The van der Waals surface area contributed by atoms with E-state index in [1.807, 2.05) is 30.3 Å². The van der Waals surface area contributed by atoms with Crippen molar-refractivity contribution in [2.75, 3.05) is 25.0 Å². The van der Waals surface area contributed by atoms with E-state index in [1.165, 1.54) is 18.2 Å². The van der Waals surface area contributed by atoms with Crippen LogP contribution in [0.4, 0.5) is 14.6 Å². The van der Waals surface area contributed by atoms with Gasteiger partial charge in [0.2, 0.25) is 0 Å². The van der Waals surface area contributed by atoms with Crippen molar-refractivity contribution >= 4 is 38.4 Å². The minimum absolute atomic E-state index is 0.0196. The van der Waals surface area contributed by atoms with Gasteiger partial charge in [0.25, 0.3) is 0 Å². The van der Waals surface area contributed by atoms with Gasteiger partial charge in [-0.1, -0.05) is 36.4 Å². The highest BCUT2D eigenvalue weighted by Crippen LogP contribution is 2.41. The maximum atomic E-state index is 15.2. The third-order valence-corrected chi connectivity index (χ3v) is 9.53. The molecule has 0 spiro atoms. The predicted molar refractivity (Wildman–Crippen MR) is 175 cm³/mol. The molecule has 2 aliphatic rings. The van der Waals surface area contributed by atoms with Crippen molar-refractivity contribution in [1.29, 1.82) is 0 Å². The van der Waals surface area contributed by atoms with E-state index in [9.17, 15) is 14.3 Å². The zero-order chi connectivity index (χ0) is 32.3. The summed E-state index contributed by atoms with van der Waals surface area (Å²) in [5.41, 5.74) is 1.42. The van der Waals surface area contributed by atoms with Crippen LogP contribution in [0.5, 0.6) is 11.8 Å². The second-order valence-electron chi connectivity index (χ2n) is 12.5. The van der Waals surface area contributed by atoms with E-state index in [4.69, 9.17) is 9.15 Å². The van der Waals surface area contributed by atoms with Crippen LogP contribution in [0.3, 0.4) is 0 Å². The summed E-state index contributed by atoms with van der Waals surface area (Å²) in [7, 11) is 0. The number of nitrogens with one attached hydrogen (secondary N) is 1. The van der Waals surface area contributed by atoms with Crippen molar-refractivity contribution < 1.29 is 23.0 Å². The Morgan fingerprint density at radius 2 is 1.91 bits per heavy atom. The molecule has 2 N–H and O–H groups in total. The molecular formula is C36H31F2N5O4. The van der Waals surface area contributed by atoms with Crippen LogP contribution in [0.1, 0.15) is 30.4 Å². The van der Waals surface area contributed by atoms with E-state index in [1.54, 1.807) is 25.3 Å². The molecule has 11 heteroatoms. The number of phenolic OH excluding ortho intramolecular Hbond substituents is 1. The lowest BCUT2D eigenvalue weighted by Crippen LogP contribution is -2.43. The minimum atomic E-state index is -0.921. The number of hydrogen-bond acceptors (Lipinski definition) is 9. The lowest BCUT2D eigenvalue weighted by Gasteiger charge is -2.30. The van der Waals surface area contributed by atoms with Gasteiger partial charge in [0.15, 0.2) is 0 Å². The quantitative estimate of drug-likeness (QED) is 0.199. The first-order valence-corrected chi connectivity index (χ1v) is 15.7. The van der Waals surface area contributed by atoms with Gasteiger partial charge in [0, 0.05) is 47.6 Å². The van der Waals surface area contributed by atoms with Gasteiger partial charge in [0.1, 0.15) is 41.3 Å². The first kappa shape index (κ1) is 29.3. The fraction of sp³-hybridized carbons (Fsp3) is 0.278. The van der Waals surface area contributed by atoms with Crippen LogP contribution >= 0.6 is 0 Å². The van der Waals surface area contributed by atoms with Crippen LogP contribution in [0.2, 0.25) is 0 Å². The number of halogens is 2. The summed E-state index contributed by atoms with van der Waals surface area (Å²) >= 11 is 0. The molecule has 0 saturated carbocycles. The first-order chi connectivity index (χ1) is 22.8. The number of aromatic nitrogens is 3. The Labute approximate surface area is 267 Å². The van der Waals surface area contributed by atoms with Gasteiger partial charge >= 0.3 is 11.6 Å². The fourth-order valence-corrected chi connectivity index (χ4v) is 7.36. The number of alkyl halides is 1. The highest BCUT2D eigenvalue weighted by atomic mass is 19.1. The first-order valence-electron chi connectivity index (χ1n) is 15.7. The maximum Gasteiger partial charge on any atom is 0.349 e. The third kappa shape index (κ3) is 5.01. The van der Waals surface area contributed by atoms with Crippen molar-refractivity contribution in [2.24, 2.45) is 0 Å². The summed E-state index contributed by atoms with van der Waals surface area (Å²) < 4.78 is 41.8. The van der Waals surface area contributed by atoms with Gasteiger partial charge in [-0.3, -0.25) is 9.88 Å². The number of benzene rings is 3. The summed E-state index contributed by atoms with van der Waals surface area (Å²) in [6.07, 6.45) is 2.95. The van der Waals surface area contributed by atoms with Crippen LogP contribution in [0, 0.1) is 12.7 Å². The van der Waals surface area contributed by atoms with Crippen molar-refractivity contribution in [1.82, 2.24) is 19.9 Å². The second-order valence-corrected chi connectivity index (χ2v) is 12.5. The van der Waals surface area contributed by atoms with Crippen LogP contribution in [0.15, 0.2) is 76.1 Å². The molecule has 9 nitrogen and oxygen atoms in total. The number of ether oxygens (including phenoxy) is 1. The summed E-state index contributed by atoms with van der Waals surface area (Å²) in [4.78, 5) is 29.8. The molecule has 5 heterocycles. The third-order valence-electron chi connectivity index (χ3n) is 9.53. The number of para-hydroxylation sites is 1. The number of fused-ring (bicyclic) bond motifs is 4.